The predicted octanol–water partition coefficient (Wildman–Crippen LogP) is 2.10. The number of imide groups is 1. The molecule has 28 heavy (non-hydrogen) atoms. The van der Waals surface area contributed by atoms with E-state index >= 15 is 0 Å². The largest absolute Gasteiger partial charge is 0.466 e. The Kier molecular flexibility index (Phi) is 8.16. The van der Waals surface area contributed by atoms with E-state index < -0.39 is 12.0 Å². The second-order valence-electron chi connectivity index (χ2n) is 8.41. The summed E-state index contributed by atoms with van der Waals surface area (Å²) in [5.41, 5.74) is 0. The van der Waals surface area contributed by atoms with Gasteiger partial charge in [-0.15, -0.1) is 0 Å². The number of hydrogen-bond acceptors (Lipinski definition) is 6. The third-order valence-electron chi connectivity index (χ3n) is 5.90. The molecule has 1 aliphatic carbocycles. The van der Waals surface area contributed by atoms with Gasteiger partial charge >= 0.3 is 5.97 Å². The molecule has 1 heterocycles. The molecule has 1 saturated carbocycles. The molecule has 1 saturated heterocycles. The maximum atomic E-state index is 12.4. The first-order valence-electron chi connectivity index (χ1n) is 10.4. The highest BCUT2D eigenvalue weighted by atomic mass is 16.5. The number of ether oxygens (including phenoxy) is 1. The minimum Gasteiger partial charge on any atom is -0.466 e. The summed E-state index contributed by atoms with van der Waals surface area (Å²) >= 11 is 0. The van der Waals surface area contributed by atoms with E-state index in [0.29, 0.717) is 31.8 Å². The van der Waals surface area contributed by atoms with Crippen molar-refractivity contribution < 1.29 is 29.0 Å². The molecule has 158 valence electrons. The molecule has 2 aliphatic rings. The van der Waals surface area contributed by atoms with Crippen LogP contribution < -0.4 is 0 Å². The summed E-state index contributed by atoms with van der Waals surface area (Å²) in [4.78, 5) is 49.8. The molecule has 4 atom stereocenters. The van der Waals surface area contributed by atoms with Gasteiger partial charge in [0.1, 0.15) is 5.78 Å². The first kappa shape index (κ1) is 22.5. The van der Waals surface area contributed by atoms with E-state index in [1.165, 1.54) is 4.90 Å². The number of nitrogens with zero attached hydrogens (tertiary/aromatic N) is 1. The van der Waals surface area contributed by atoms with Crippen molar-refractivity contribution in [2.45, 2.75) is 71.8 Å². The summed E-state index contributed by atoms with van der Waals surface area (Å²) in [5.74, 6) is -1.07. The second-order valence-corrected chi connectivity index (χ2v) is 8.41. The summed E-state index contributed by atoms with van der Waals surface area (Å²) in [6.45, 7) is 6.24. The minimum atomic E-state index is -0.807. The number of esters is 1. The second kappa shape index (κ2) is 10.1. The predicted molar refractivity (Wildman–Crippen MR) is 102 cm³/mol. The molecule has 2 fully saturated rings. The molecule has 1 N–H and O–H groups in total. The Morgan fingerprint density at radius 1 is 1.18 bits per heavy atom. The highest BCUT2D eigenvalue weighted by Gasteiger charge is 2.39. The summed E-state index contributed by atoms with van der Waals surface area (Å²) in [6.07, 6.45) is 1.94. The van der Waals surface area contributed by atoms with E-state index in [1.54, 1.807) is 6.92 Å². The Bertz CT molecular complexity index is 586. The Hall–Kier alpha value is -1.76. The van der Waals surface area contributed by atoms with Crippen molar-refractivity contribution in [3.63, 3.8) is 0 Å². The number of carbonyl (C=O) groups excluding carboxylic acids is 4. The lowest BCUT2D eigenvalue weighted by Gasteiger charge is -2.36. The highest BCUT2D eigenvalue weighted by molar-refractivity contribution is 5.98. The SMILES string of the molecule is CCOC(=O)CCCN1C(=O)CC(C[C@@H](O)[C@@H]2C[C@@H](C)C[C@H](C)C2=O)CC1=O. The van der Waals surface area contributed by atoms with E-state index in [2.05, 4.69) is 6.92 Å². The zero-order chi connectivity index (χ0) is 20.8. The topological polar surface area (TPSA) is 101 Å². The van der Waals surface area contributed by atoms with Gasteiger partial charge in [0.2, 0.25) is 11.8 Å². The highest BCUT2D eigenvalue weighted by Crippen LogP contribution is 2.35. The van der Waals surface area contributed by atoms with Crippen molar-refractivity contribution in [3.05, 3.63) is 0 Å². The molecule has 2 rings (SSSR count). The minimum absolute atomic E-state index is 0.0482. The molecule has 0 aromatic heterocycles. The fourth-order valence-electron chi connectivity index (χ4n) is 4.54. The van der Waals surface area contributed by atoms with Gasteiger partial charge < -0.3 is 9.84 Å². The number of Topliss-reactive ketones (excluding diaryl/α,β-unsaturated/α-hetero) is 1. The quantitative estimate of drug-likeness (QED) is 0.499. The summed E-state index contributed by atoms with van der Waals surface area (Å²) < 4.78 is 4.84. The summed E-state index contributed by atoms with van der Waals surface area (Å²) in [7, 11) is 0. The molecular weight excluding hydrogens is 362 g/mol. The molecule has 0 unspecified atom stereocenters. The van der Waals surface area contributed by atoms with Crippen LogP contribution in [0, 0.1) is 23.7 Å². The fraction of sp³-hybridized carbons (Fsp3) is 0.810. The lowest BCUT2D eigenvalue weighted by molar-refractivity contribution is -0.152. The number of ketones is 1. The number of rotatable bonds is 8. The summed E-state index contributed by atoms with van der Waals surface area (Å²) in [6, 6.07) is 0. The lowest BCUT2D eigenvalue weighted by atomic mass is 9.71. The van der Waals surface area contributed by atoms with Gasteiger partial charge in [-0.1, -0.05) is 13.8 Å². The standard InChI is InChI=1S/C21H33NO6/c1-4-28-20(26)6-5-7-22-18(24)11-15(12-19(22)25)10-17(23)16-9-13(2)8-14(3)21(16)27/h13-17,23H,4-12H2,1-3H3/t13-,14-,16-,17+/m0/s1. The first-order valence-corrected chi connectivity index (χ1v) is 10.4. The van der Waals surface area contributed by atoms with Crippen LogP contribution in [0.15, 0.2) is 0 Å². The van der Waals surface area contributed by atoms with Gasteiger partial charge in [-0.3, -0.25) is 24.1 Å². The van der Waals surface area contributed by atoms with Crippen molar-refractivity contribution in [1.82, 2.24) is 4.90 Å². The van der Waals surface area contributed by atoms with Crippen LogP contribution in [0.2, 0.25) is 0 Å². The van der Waals surface area contributed by atoms with Gasteiger partial charge in [0.05, 0.1) is 12.7 Å². The van der Waals surface area contributed by atoms with Crippen LogP contribution in [-0.2, 0) is 23.9 Å². The molecule has 1 aliphatic heterocycles. The Morgan fingerprint density at radius 2 is 1.82 bits per heavy atom. The van der Waals surface area contributed by atoms with Gasteiger partial charge in [0, 0.05) is 37.6 Å². The third-order valence-corrected chi connectivity index (χ3v) is 5.90. The van der Waals surface area contributed by atoms with Crippen LogP contribution in [0.4, 0.5) is 0 Å². The average molecular weight is 395 g/mol. The van der Waals surface area contributed by atoms with Crippen LogP contribution in [0.25, 0.3) is 0 Å². The number of piperidine rings is 1. The van der Waals surface area contributed by atoms with Crippen molar-refractivity contribution >= 4 is 23.6 Å². The Balaban J connectivity index is 1.84. The van der Waals surface area contributed by atoms with Gasteiger partial charge in [0.15, 0.2) is 0 Å². The summed E-state index contributed by atoms with van der Waals surface area (Å²) in [5, 5.41) is 10.6. The number of aliphatic hydroxyl groups is 1. The fourth-order valence-corrected chi connectivity index (χ4v) is 4.54. The van der Waals surface area contributed by atoms with E-state index in [9.17, 15) is 24.3 Å². The molecule has 0 aromatic rings. The monoisotopic (exact) mass is 395 g/mol. The maximum Gasteiger partial charge on any atom is 0.305 e. The van der Waals surface area contributed by atoms with Crippen LogP contribution in [0.3, 0.4) is 0 Å². The first-order chi connectivity index (χ1) is 13.2. The van der Waals surface area contributed by atoms with Gasteiger partial charge in [0.25, 0.3) is 0 Å². The van der Waals surface area contributed by atoms with E-state index in [-0.39, 0.29) is 61.2 Å². The molecule has 0 radical (unpaired) electrons. The van der Waals surface area contributed by atoms with Gasteiger partial charge in [-0.05, 0) is 44.4 Å². The van der Waals surface area contributed by atoms with E-state index in [0.717, 1.165) is 6.42 Å². The number of likely N-dealkylation sites (tertiary alicyclic amines) is 1. The molecule has 0 bridgehead atoms. The zero-order valence-electron chi connectivity index (χ0n) is 17.2. The van der Waals surface area contributed by atoms with E-state index in [4.69, 9.17) is 4.74 Å². The zero-order valence-corrected chi connectivity index (χ0v) is 17.2. The Morgan fingerprint density at radius 3 is 2.43 bits per heavy atom. The number of hydrogen-bond donors (Lipinski definition) is 1. The number of amides is 2. The van der Waals surface area contributed by atoms with Gasteiger partial charge in [-0.2, -0.15) is 0 Å². The molecule has 2 amide bonds. The molecular formula is C21H33NO6. The maximum absolute atomic E-state index is 12.4. The average Bonchev–Trinajstić information content (AvgIpc) is 2.60. The van der Waals surface area contributed by atoms with Crippen molar-refractivity contribution in [2.75, 3.05) is 13.2 Å². The van der Waals surface area contributed by atoms with Crippen LogP contribution in [0.5, 0.6) is 0 Å². The Labute approximate surface area is 166 Å². The van der Waals surface area contributed by atoms with Crippen LogP contribution in [-0.4, -0.2) is 52.8 Å². The van der Waals surface area contributed by atoms with Gasteiger partial charge in [-0.25, -0.2) is 0 Å². The third kappa shape index (κ3) is 5.87. The molecule has 7 heteroatoms. The number of carbonyl (C=O) groups is 4. The molecule has 0 aromatic carbocycles. The van der Waals surface area contributed by atoms with Crippen molar-refractivity contribution in [2.24, 2.45) is 23.7 Å². The number of aliphatic hydroxyl groups excluding tert-OH is 1. The van der Waals surface area contributed by atoms with Crippen molar-refractivity contribution in [1.29, 1.82) is 0 Å². The van der Waals surface area contributed by atoms with E-state index in [1.807, 2.05) is 6.92 Å². The lowest BCUT2D eigenvalue weighted by Crippen LogP contribution is -2.45. The molecule has 0 spiro atoms. The molecule has 7 nitrogen and oxygen atoms in total. The normalized spacial score (nSPS) is 27.8. The smallest absolute Gasteiger partial charge is 0.305 e. The van der Waals surface area contributed by atoms with Crippen LogP contribution >= 0.6 is 0 Å². The van der Waals surface area contributed by atoms with Crippen molar-refractivity contribution in [3.8, 4) is 0 Å². The van der Waals surface area contributed by atoms with Crippen LogP contribution in [0.1, 0.15) is 65.7 Å².